The van der Waals surface area contributed by atoms with E-state index in [1.807, 2.05) is 44.2 Å². The highest BCUT2D eigenvalue weighted by Gasteiger charge is 2.26. The molecule has 0 amide bonds. The van der Waals surface area contributed by atoms with Crippen molar-refractivity contribution < 1.29 is 5.11 Å². The normalized spacial score (nSPS) is 13.1. The van der Waals surface area contributed by atoms with Gasteiger partial charge in [0.25, 0.3) is 0 Å². The van der Waals surface area contributed by atoms with Crippen LogP contribution in [0.5, 0.6) is 0 Å². The number of halogens is 1. The van der Waals surface area contributed by atoms with Gasteiger partial charge < -0.3 is 10.8 Å². The van der Waals surface area contributed by atoms with Crippen molar-refractivity contribution in [1.82, 2.24) is 0 Å². The van der Waals surface area contributed by atoms with Crippen LogP contribution in [-0.4, -0.2) is 11.7 Å². The third-order valence-electron chi connectivity index (χ3n) is 2.41. The van der Waals surface area contributed by atoms with Crippen LogP contribution >= 0.6 is 12.4 Å². The summed E-state index contributed by atoms with van der Waals surface area (Å²) in [5.74, 6) is 0. The number of rotatable bonds is 3. The third kappa shape index (κ3) is 2.98. The van der Waals surface area contributed by atoms with Crippen LogP contribution in [0.25, 0.3) is 0 Å². The van der Waals surface area contributed by atoms with Crippen molar-refractivity contribution in [1.29, 1.82) is 0 Å². The first-order valence-corrected chi connectivity index (χ1v) is 4.49. The van der Waals surface area contributed by atoms with Gasteiger partial charge in [0.05, 0.1) is 0 Å². The van der Waals surface area contributed by atoms with Gasteiger partial charge in [0, 0.05) is 18.1 Å². The SMILES string of the molecule is CC(C)(CO)[C@H](N)c1ccccc1.Cl. The summed E-state index contributed by atoms with van der Waals surface area (Å²) in [5.41, 5.74) is 6.83. The van der Waals surface area contributed by atoms with Crippen LogP contribution in [0.3, 0.4) is 0 Å². The summed E-state index contributed by atoms with van der Waals surface area (Å²) in [6.45, 7) is 4.03. The van der Waals surface area contributed by atoms with E-state index in [-0.39, 0.29) is 30.5 Å². The Morgan fingerprint density at radius 2 is 1.79 bits per heavy atom. The van der Waals surface area contributed by atoms with Crippen molar-refractivity contribution in [3.05, 3.63) is 35.9 Å². The summed E-state index contributed by atoms with van der Waals surface area (Å²) >= 11 is 0. The largest absolute Gasteiger partial charge is 0.396 e. The van der Waals surface area contributed by atoms with Gasteiger partial charge in [0.2, 0.25) is 0 Å². The lowest BCUT2D eigenvalue weighted by Crippen LogP contribution is -2.32. The Labute approximate surface area is 91.5 Å². The van der Waals surface area contributed by atoms with Gasteiger partial charge in [0.15, 0.2) is 0 Å². The van der Waals surface area contributed by atoms with Crippen LogP contribution in [0.4, 0.5) is 0 Å². The maximum Gasteiger partial charge on any atom is 0.0500 e. The number of aliphatic hydroxyl groups is 1. The molecule has 1 atom stereocenters. The summed E-state index contributed by atoms with van der Waals surface area (Å²) in [5, 5.41) is 9.15. The van der Waals surface area contributed by atoms with E-state index in [1.165, 1.54) is 0 Å². The Kier molecular flexibility index (Phi) is 5.13. The highest BCUT2D eigenvalue weighted by Crippen LogP contribution is 2.30. The molecule has 14 heavy (non-hydrogen) atoms. The summed E-state index contributed by atoms with van der Waals surface area (Å²) in [4.78, 5) is 0. The molecule has 0 heterocycles. The maximum absolute atomic E-state index is 9.15. The number of hydrogen-bond acceptors (Lipinski definition) is 2. The second-order valence-electron chi connectivity index (χ2n) is 4.04. The molecule has 0 aliphatic heterocycles. The van der Waals surface area contributed by atoms with Gasteiger partial charge >= 0.3 is 0 Å². The zero-order chi connectivity index (χ0) is 9.90. The lowest BCUT2D eigenvalue weighted by atomic mass is 9.82. The van der Waals surface area contributed by atoms with Crippen molar-refractivity contribution in [3.63, 3.8) is 0 Å². The predicted molar refractivity (Wildman–Crippen MR) is 61.5 cm³/mol. The molecular formula is C11H18ClNO. The average Bonchev–Trinajstić information content (AvgIpc) is 2.18. The quantitative estimate of drug-likeness (QED) is 0.812. The second kappa shape index (κ2) is 5.35. The molecule has 3 heteroatoms. The summed E-state index contributed by atoms with van der Waals surface area (Å²) < 4.78 is 0. The van der Waals surface area contributed by atoms with Gasteiger partial charge in [-0.3, -0.25) is 0 Å². The molecule has 0 unspecified atom stereocenters. The first kappa shape index (κ1) is 13.4. The van der Waals surface area contributed by atoms with Crippen LogP contribution in [0, 0.1) is 5.41 Å². The van der Waals surface area contributed by atoms with E-state index in [2.05, 4.69) is 0 Å². The van der Waals surface area contributed by atoms with Crippen LogP contribution < -0.4 is 5.73 Å². The summed E-state index contributed by atoms with van der Waals surface area (Å²) in [6.07, 6.45) is 0. The molecule has 0 bridgehead atoms. The molecule has 1 rings (SSSR count). The molecule has 80 valence electrons. The van der Waals surface area contributed by atoms with Crippen LogP contribution in [0.1, 0.15) is 25.5 Å². The molecule has 0 radical (unpaired) electrons. The van der Waals surface area contributed by atoms with Gasteiger partial charge in [-0.1, -0.05) is 44.2 Å². The Morgan fingerprint density at radius 3 is 2.21 bits per heavy atom. The number of nitrogens with two attached hydrogens (primary N) is 1. The molecule has 0 aliphatic rings. The maximum atomic E-state index is 9.15. The van der Waals surface area contributed by atoms with Crippen LogP contribution in [0.15, 0.2) is 30.3 Å². The fourth-order valence-corrected chi connectivity index (χ4v) is 1.21. The molecule has 0 aliphatic carbocycles. The first-order valence-electron chi connectivity index (χ1n) is 4.49. The van der Waals surface area contributed by atoms with Crippen molar-refractivity contribution in [2.45, 2.75) is 19.9 Å². The average molecular weight is 216 g/mol. The summed E-state index contributed by atoms with van der Waals surface area (Å²) in [6, 6.07) is 9.75. The van der Waals surface area contributed by atoms with Crippen molar-refractivity contribution in [3.8, 4) is 0 Å². The lowest BCUT2D eigenvalue weighted by molar-refractivity contribution is 0.132. The highest BCUT2D eigenvalue weighted by atomic mass is 35.5. The molecule has 0 aromatic heterocycles. The smallest absolute Gasteiger partial charge is 0.0500 e. The van der Waals surface area contributed by atoms with Crippen LogP contribution in [-0.2, 0) is 0 Å². The van der Waals surface area contributed by atoms with E-state index < -0.39 is 0 Å². The highest BCUT2D eigenvalue weighted by molar-refractivity contribution is 5.85. The minimum atomic E-state index is -0.263. The number of benzene rings is 1. The molecule has 1 aromatic rings. The molecule has 0 spiro atoms. The van der Waals surface area contributed by atoms with Gasteiger partial charge in [-0.15, -0.1) is 12.4 Å². The minimum Gasteiger partial charge on any atom is -0.396 e. The molecule has 0 saturated heterocycles. The fraction of sp³-hybridized carbons (Fsp3) is 0.455. The van der Waals surface area contributed by atoms with Crippen molar-refractivity contribution in [2.24, 2.45) is 11.1 Å². The standard InChI is InChI=1S/C11H17NO.ClH/c1-11(2,8-13)10(12)9-6-4-3-5-7-9;/h3-7,10,13H,8,12H2,1-2H3;1H/t10-;/m1./s1. The van der Waals surface area contributed by atoms with Crippen molar-refractivity contribution >= 4 is 12.4 Å². The van der Waals surface area contributed by atoms with Crippen LogP contribution in [0.2, 0.25) is 0 Å². The Bertz CT molecular complexity index is 261. The second-order valence-corrected chi connectivity index (χ2v) is 4.04. The fourth-order valence-electron chi connectivity index (χ4n) is 1.21. The van der Waals surface area contributed by atoms with E-state index in [4.69, 9.17) is 10.8 Å². The molecular weight excluding hydrogens is 198 g/mol. The van der Waals surface area contributed by atoms with E-state index in [9.17, 15) is 0 Å². The molecule has 0 fully saturated rings. The first-order chi connectivity index (χ1) is 6.08. The van der Waals surface area contributed by atoms with Gasteiger partial charge in [0.1, 0.15) is 0 Å². The van der Waals surface area contributed by atoms with Gasteiger partial charge in [-0.05, 0) is 5.56 Å². The zero-order valence-corrected chi connectivity index (χ0v) is 9.42. The monoisotopic (exact) mass is 215 g/mol. The zero-order valence-electron chi connectivity index (χ0n) is 8.60. The van der Waals surface area contributed by atoms with E-state index >= 15 is 0 Å². The topological polar surface area (TPSA) is 46.2 Å². The Balaban J connectivity index is 0.00000169. The number of aliphatic hydroxyl groups excluding tert-OH is 1. The van der Waals surface area contributed by atoms with Gasteiger partial charge in [-0.25, -0.2) is 0 Å². The van der Waals surface area contributed by atoms with E-state index in [1.54, 1.807) is 0 Å². The Morgan fingerprint density at radius 1 is 1.29 bits per heavy atom. The predicted octanol–water partition coefficient (Wildman–Crippen LogP) is 2.13. The molecule has 2 nitrogen and oxygen atoms in total. The number of hydrogen-bond donors (Lipinski definition) is 2. The minimum absolute atomic E-state index is 0. The molecule has 0 saturated carbocycles. The van der Waals surface area contributed by atoms with Crippen molar-refractivity contribution in [2.75, 3.05) is 6.61 Å². The molecule has 3 N–H and O–H groups in total. The van der Waals surface area contributed by atoms with E-state index in [0.29, 0.717) is 0 Å². The van der Waals surface area contributed by atoms with Gasteiger partial charge in [-0.2, -0.15) is 0 Å². The molecule has 1 aromatic carbocycles. The summed E-state index contributed by atoms with van der Waals surface area (Å²) in [7, 11) is 0. The third-order valence-corrected chi connectivity index (χ3v) is 2.41. The van der Waals surface area contributed by atoms with E-state index in [0.717, 1.165) is 5.56 Å². The Hall–Kier alpha value is -0.570. The lowest BCUT2D eigenvalue weighted by Gasteiger charge is -2.29.